The van der Waals surface area contributed by atoms with Crippen LogP contribution in [0.25, 0.3) is 10.1 Å². The normalized spacial score (nSPS) is 16.1. The van der Waals surface area contributed by atoms with E-state index in [1.54, 1.807) is 11.3 Å². The number of thiophene rings is 1. The summed E-state index contributed by atoms with van der Waals surface area (Å²) in [6, 6.07) is 10.4. The molecule has 0 bridgehead atoms. The molecule has 8 heteroatoms. The van der Waals surface area contributed by atoms with Crippen LogP contribution in [-0.2, 0) is 4.79 Å². The Morgan fingerprint density at radius 3 is 2.72 bits per heavy atom. The van der Waals surface area contributed by atoms with E-state index >= 15 is 0 Å². The molecule has 0 saturated heterocycles. The van der Waals surface area contributed by atoms with Gasteiger partial charge in [-0.1, -0.05) is 37.5 Å². The molecule has 160 valence electrons. The fourth-order valence-corrected chi connectivity index (χ4v) is 4.52. The number of carbonyl (C=O) groups is 1. The second kappa shape index (κ2) is 12.3. The average Bonchev–Trinajstić information content (AvgIpc) is 3.15. The lowest BCUT2D eigenvalue weighted by Gasteiger charge is -2.22. The van der Waals surface area contributed by atoms with Crippen molar-refractivity contribution in [2.75, 3.05) is 19.6 Å². The molecule has 0 aliphatic heterocycles. The fourth-order valence-electron chi connectivity index (χ4n) is 3.47. The number of amides is 1. The molecular formula is C21H31IN4O2S. The molecule has 1 fully saturated rings. The van der Waals surface area contributed by atoms with Gasteiger partial charge in [-0.15, -0.1) is 35.3 Å². The van der Waals surface area contributed by atoms with Crippen LogP contribution in [0.2, 0.25) is 0 Å². The lowest BCUT2D eigenvalue weighted by atomic mass is 9.95. The number of guanidine groups is 1. The second-order valence-corrected chi connectivity index (χ2v) is 8.30. The van der Waals surface area contributed by atoms with Crippen LogP contribution in [0.15, 0.2) is 35.3 Å². The molecule has 1 heterocycles. The SMILES string of the molecule is CCNC(=NCC(=O)NC1CCCCC1)NCC(O)c1cc2ccccc2s1.I. The van der Waals surface area contributed by atoms with Crippen molar-refractivity contribution in [1.29, 1.82) is 0 Å². The number of nitrogens with one attached hydrogen (secondary N) is 3. The molecule has 0 radical (unpaired) electrons. The van der Waals surface area contributed by atoms with Gasteiger partial charge in [0.15, 0.2) is 5.96 Å². The maximum atomic E-state index is 12.2. The Morgan fingerprint density at radius 2 is 2.00 bits per heavy atom. The maximum Gasteiger partial charge on any atom is 0.242 e. The predicted octanol–water partition coefficient (Wildman–Crippen LogP) is 3.56. The number of rotatable bonds is 7. The Kier molecular flexibility index (Phi) is 10.2. The van der Waals surface area contributed by atoms with Crippen LogP contribution < -0.4 is 16.0 Å². The van der Waals surface area contributed by atoms with Crippen molar-refractivity contribution in [3.05, 3.63) is 35.2 Å². The zero-order chi connectivity index (χ0) is 19.8. The quantitative estimate of drug-likeness (QED) is 0.251. The smallest absolute Gasteiger partial charge is 0.242 e. The minimum absolute atomic E-state index is 0. The van der Waals surface area contributed by atoms with Gasteiger partial charge in [-0.25, -0.2) is 4.99 Å². The van der Waals surface area contributed by atoms with Gasteiger partial charge in [0.2, 0.25) is 5.91 Å². The van der Waals surface area contributed by atoms with E-state index in [1.807, 2.05) is 31.2 Å². The van der Waals surface area contributed by atoms with Crippen LogP contribution in [-0.4, -0.2) is 42.6 Å². The van der Waals surface area contributed by atoms with E-state index in [0.717, 1.165) is 27.8 Å². The third kappa shape index (κ3) is 7.42. The van der Waals surface area contributed by atoms with Crippen LogP contribution in [0, 0.1) is 0 Å². The van der Waals surface area contributed by atoms with E-state index < -0.39 is 6.10 Å². The summed E-state index contributed by atoms with van der Waals surface area (Å²) in [6.45, 7) is 3.09. The molecule has 6 nitrogen and oxygen atoms in total. The van der Waals surface area contributed by atoms with Crippen molar-refractivity contribution in [2.24, 2.45) is 4.99 Å². The van der Waals surface area contributed by atoms with E-state index in [0.29, 0.717) is 25.1 Å². The molecule has 2 aromatic rings. The zero-order valence-electron chi connectivity index (χ0n) is 16.8. The minimum Gasteiger partial charge on any atom is -0.386 e. The second-order valence-electron chi connectivity index (χ2n) is 7.18. The van der Waals surface area contributed by atoms with Gasteiger partial charge in [-0.2, -0.15) is 0 Å². The van der Waals surface area contributed by atoms with Gasteiger partial charge in [0.05, 0.1) is 0 Å². The summed E-state index contributed by atoms with van der Waals surface area (Å²) in [5.74, 6) is 0.496. The molecule has 4 N–H and O–H groups in total. The highest BCUT2D eigenvalue weighted by Crippen LogP contribution is 2.29. The first-order valence-corrected chi connectivity index (χ1v) is 11.0. The van der Waals surface area contributed by atoms with Gasteiger partial charge < -0.3 is 21.1 Å². The first-order valence-electron chi connectivity index (χ1n) is 10.1. The van der Waals surface area contributed by atoms with E-state index in [1.165, 1.54) is 19.3 Å². The van der Waals surface area contributed by atoms with Crippen molar-refractivity contribution in [1.82, 2.24) is 16.0 Å². The lowest BCUT2D eigenvalue weighted by molar-refractivity contribution is -0.120. The lowest BCUT2D eigenvalue weighted by Crippen LogP contribution is -2.41. The summed E-state index contributed by atoms with van der Waals surface area (Å²) in [4.78, 5) is 17.4. The summed E-state index contributed by atoms with van der Waals surface area (Å²) in [7, 11) is 0. The number of aliphatic hydroxyl groups excluding tert-OH is 1. The summed E-state index contributed by atoms with van der Waals surface area (Å²) < 4.78 is 1.16. The predicted molar refractivity (Wildman–Crippen MR) is 131 cm³/mol. The van der Waals surface area contributed by atoms with Gasteiger partial charge >= 0.3 is 0 Å². The minimum atomic E-state index is -0.627. The monoisotopic (exact) mass is 530 g/mol. The average molecular weight is 530 g/mol. The molecule has 1 saturated carbocycles. The molecule has 1 aliphatic rings. The van der Waals surface area contributed by atoms with Crippen LogP contribution in [0.1, 0.15) is 50.0 Å². The van der Waals surface area contributed by atoms with Crippen molar-refractivity contribution >= 4 is 57.3 Å². The highest BCUT2D eigenvalue weighted by molar-refractivity contribution is 14.0. The largest absolute Gasteiger partial charge is 0.386 e. The highest BCUT2D eigenvalue weighted by atomic mass is 127. The van der Waals surface area contributed by atoms with Crippen LogP contribution in [0.5, 0.6) is 0 Å². The summed E-state index contributed by atoms with van der Waals surface area (Å²) in [6.07, 6.45) is 5.14. The number of nitrogens with zero attached hydrogens (tertiary/aromatic N) is 1. The van der Waals surface area contributed by atoms with Gasteiger partial charge in [-0.3, -0.25) is 4.79 Å². The third-order valence-electron chi connectivity index (χ3n) is 4.93. The van der Waals surface area contributed by atoms with Gasteiger partial charge in [-0.05, 0) is 37.3 Å². The van der Waals surface area contributed by atoms with Gasteiger partial charge in [0, 0.05) is 28.7 Å². The van der Waals surface area contributed by atoms with Crippen LogP contribution in [0.3, 0.4) is 0 Å². The first-order chi connectivity index (χ1) is 13.7. The summed E-state index contributed by atoms with van der Waals surface area (Å²) >= 11 is 1.59. The van der Waals surface area contributed by atoms with E-state index in [-0.39, 0.29) is 36.4 Å². The third-order valence-corrected chi connectivity index (χ3v) is 6.15. The number of benzene rings is 1. The number of fused-ring (bicyclic) bond motifs is 1. The molecule has 1 amide bonds. The number of halogens is 1. The Balaban J connectivity index is 0.00000300. The van der Waals surface area contributed by atoms with Crippen LogP contribution in [0.4, 0.5) is 0 Å². The first kappa shape index (κ1) is 23.9. The molecule has 1 atom stereocenters. The molecule has 1 aromatic heterocycles. The maximum absolute atomic E-state index is 12.2. The van der Waals surface area contributed by atoms with Crippen molar-refractivity contribution in [3.8, 4) is 0 Å². The van der Waals surface area contributed by atoms with Gasteiger partial charge in [0.1, 0.15) is 12.6 Å². The number of aliphatic imine (C=N–C) groups is 1. The molecule has 1 aromatic carbocycles. The number of carbonyl (C=O) groups excluding carboxylic acids is 1. The Morgan fingerprint density at radius 1 is 1.24 bits per heavy atom. The Labute approximate surface area is 193 Å². The number of hydrogen-bond donors (Lipinski definition) is 4. The van der Waals surface area contributed by atoms with Gasteiger partial charge in [0.25, 0.3) is 0 Å². The summed E-state index contributed by atoms with van der Waals surface area (Å²) in [5.41, 5.74) is 0. The highest BCUT2D eigenvalue weighted by Gasteiger charge is 2.16. The molecule has 3 rings (SSSR count). The molecule has 1 unspecified atom stereocenters. The fraction of sp³-hybridized carbons (Fsp3) is 0.524. The van der Waals surface area contributed by atoms with E-state index in [9.17, 15) is 9.90 Å². The van der Waals surface area contributed by atoms with Crippen molar-refractivity contribution in [3.63, 3.8) is 0 Å². The Hall–Kier alpha value is -1.39. The summed E-state index contributed by atoms with van der Waals surface area (Å²) in [5, 5.41) is 21.0. The standard InChI is InChI=1S/C21H30N4O2S.HI/c1-2-22-21(24-14-20(27)25-16-9-4-3-5-10-16)23-13-17(26)19-12-15-8-6-7-11-18(15)28-19;/h6-8,11-12,16-17,26H,2-5,9-10,13-14H2,1H3,(H,25,27)(H2,22,23,24);1H. The number of aliphatic hydroxyl groups is 1. The molecular weight excluding hydrogens is 499 g/mol. The Bertz CT molecular complexity index is 772. The number of hydrogen-bond acceptors (Lipinski definition) is 4. The van der Waals surface area contributed by atoms with E-state index in [2.05, 4.69) is 27.0 Å². The zero-order valence-corrected chi connectivity index (χ0v) is 20.0. The molecule has 29 heavy (non-hydrogen) atoms. The van der Waals surface area contributed by atoms with Crippen molar-refractivity contribution in [2.45, 2.75) is 51.2 Å². The molecule has 1 aliphatic carbocycles. The molecule has 0 spiro atoms. The topological polar surface area (TPSA) is 85.8 Å². The van der Waals surface area contributed by atoms with E-state index in [4.69, 9.17) is 0 Å². The van der Waals surface area contributed by atoms with Crippen molar-refractivity contribution < 1.29 is 9.90 Å². The van der Waals surface area contributed by atoms with Crippen LogP contribution >= 0.6 is 35.3 Å².